The summed E-state index contributed by atoms with van der Waals surface area (Å²) < 4.78 is 5.27. The first-order valence-electron chi connectivity index (χ1n) is 7.19. The summed E-state index contributed by atoms with van der Waals surface area (Å²) in [4.78, 5) is 12.2. The lowest BCUT2D eigenvalue weighted by Crippen LogP contribution is -2.25. The lowest BCUT2D eigenvalue weighted by atomic mass is 10.1. The molecule has 23 heavy (non-hydrogen) atoms. The Hall–Kier alpha value is -1.91. The minimum atomic E-state index is -0.276. The molecule has 0 aromatic heterocycles. The van der Waals surface area contributed by atoms with Gasteiger partial charge in [0.2, 0.25) is 0 Å². The Morgan fingerprint density at radius 2 is 1.91 bits per heavy atom. The van der Waals surface area contributed by atoms with Crippen molar-refractivity contribution in [3.05, 3.63) is 57.6 Å². The number of hydrogen-bond donors (Lipinski definition) is 2. The van der Waals surface area contributed by atoms with Crippen LogP contribution in [0.5, 0.6) is 11.5 Å². The molecule has 0 aliphatic heterocycles. The summed E-state index contributed by atoms with van der Waals surface area (Å²) >= 11 is 11.8. The fourth-order valence-electron chi connectivity index (χ4n) is 2.04. The van der Waals surface area contributed by atoms with Crippen molar-refractivity contribution in [2.24, 2.45) is 0 Å². The normalized spacial score (nSPS) is 10.4. The quantitative estimate of drug-likeness (QED) is 0.822. The standard InChI is InChI=1S/C17H17Cl2NO3/c1-2-23-15-10-12(9-14(19)16(15)21)17(22)20-8-7-11-3-5-13(18)6-4-11/h3-6,9-10,21H,2,7-8H2,1H3,(H,20,22). The van der Waals surface area contributed by atoms with Crippen molar-refractivity contribution in [3.8, 4) is 11.5 Å². The number of carbonyl (C=O) groups is 1. The van der Waals surface area contributed by atoms with E-state index in [1.165, 1.54) is 12.1 Å². The van der Waals surface area contributed by atoms with Gasteiger partial charge in [0.15, 0.2) is 11.5 Å². The SMILES string of the molecule is CCOc1cc(C(=O)NCCc2ccc(Cl)cc2)cc(Cl)c1O. The molecule has 0 aliphatic carbocycles. The third kappa shape index (κ3) is 4.78. The van der Waals surface area contributed by atoms with Crippen LogP contribution in [0.1, 0.15) is 22.8 Å². The molecule has 4 nitrogen and oxygen atoms in total. The summed E-state index contributed by atoms with van der Waals surface area (Å²) in [6.07, 6.45) is 0.688. The van der Waals surface area contributed by atoms with Gasteiger partial charge < -0.3 is 15.2 Å². The molecule has 2 aromatic carbocycles. The maximum atomic E-state index is 12.2. The van der Waals surface area contributed by atoms with Crippen molar-refractivity contribution in [2.45, 2.75) is 13.3 Å². The van der Waals surface area contributed by atoms with Crippen LogP contribution >= 0.6 is 23.2 Å². The van der Waals surface area contributed by atoms with E-state index >= 15 is 0 Å². The molecule has 0 unspecified atom stereocenters. The molecule has 0 fully saturated rings. The second-order valence-electron chi connectivity index (χ2n) is 4.87. The summed E-state index contributed by atoms with van der Waals surface area (Å²) in [6.45, 7) is 2.63. The largest absolute Gasteiger partial charge is 0.503 e. The molecule has 0 bridgehead atoms. The van der Waals surface area contributed by atoms with E-state index in [1.54, 1.807) is 6.92 Å². The molecule has 0 spiro atoms. The molecule has 6 heteroatoms. The molecule has 0 atom stereocenters. The minimum absolute atomic E-state index is 0.0822. The Morgan fingerprint density at radius 1 is 1.22 bits per heavy atom. The van der Waals surface area contributed by atoms with Gasteiger partial charge in [-0.2, -0.15) is 0 Å². The van der Waals surface area contributed by atoms with Crippen molar-refractivity contribution < 1.29 is 14.6 Å². The van der Waals surface area contributed by atoms with Gasteiger partial charge >= 0.3 is 0 Å². The monoisotopic (exact) mass is 353 g/mol. The highest BCUT2D eigenvalue weighted by molar-refractivity contribution is 6.32. The van der Waals surface area contributed by atoms with E-state index in [-0.39, 0.29) is 22.4 Å². The third-order valence-electron chi connectivity index (χ3n) is 3.20. The number of aromatic hydroxyl groups is 1. The zero-order valence-electron chi connectivity index (χ0n) is 12.6. The summed E-state index contributed by atoms with van der Waals surface area (Å²) in [5, 5.41) is 13.4. The number of halogens is 2. The van der Waals surface area contributed by atoms with Gasteiger partial charge in [0.05, 0.1) is 11.6 Å². The molecule has 122 valence electrons. The number of amides is 1. The van der Waals surface area contributed by atoms with Gasteiger partial charge in [0, 0.05) is 17.1 Å². The van der Waals surface area contributed by atoms with Crippen LogP contribution in [0.3, 0.4) is 0 Å². The topological polar surface area (TPSA) is 58.6 Å². The first kappa shape index (κ1) is 17.4. The molecule has 0 heterocycles. The van der Waals surface area contributed by atoms with E-state index in [1.807, 2.05) is 24.3 Å². The minimum Gasteiger partial charge on any atom is -0.503 e. The highest BCUT2D eigenvalue weighted by Gasteiger charge is 2.14. The van der Waals surface area contributed by atoms with Gasteiger partial charge in [0.25, 0.3) is 5.91 Å². The van der Waals surface area contributed by atoms with E-state index < -0.39 is 0 Å². The van der Waals surface area contributed by atoms with Crippen molar-refractivity contribution in [3.63, 3.8) is 0 Å². The van der Waals surface area contributed by atoms with Gasteiger partial charge in [-0.1, -0.05) is 35.3 Å². The Labute approximate surface area is 145 Å². The lowest BCUT2D eigenvalue weighted by molar-refractivity contribution is 0.0953. The number of benzene rings is 2. The van der Waals surface area contributed by atoms with Gasteiger partial charge in [-0.3, -0.25) is 4.79 Å². The molecule has 0 aliphatic rings. The van der Waals surface area contributed by atoms with Crippen molar-refractivity contribution in [1.82, 2.24) is 5.32 Å². The predicted octanol–water partition coefficient (Wildman–Crippen LogP) is 4.07. The fraction of sp³-hybridized carbons (Fsp3) is 0.235. The summed E-state index contributed by atoms with van der Waals surface area (Å²) in [6, 6.07) is 10.3. The molecule has 0 radical (unpaired) electrons. The zero-order chi connectivity index (χ0) is 16.8. The van der Waals surface area contributed by atoms with Crippen LogP contribution in [0, 0.1) is 0 Å². The van der Waals surface area contributed by atoms with Crippen LogP contribution in [0.25, 0.3) is 0 Å². The van der Waals surface area contributed by atoms with Crippen LogP contribution in [-0.2, 0) is 6.42 Å². The molecule has 2 rings (SSSR count). The van der Waals surface area contributed by atoms with Crippen molar-refractivity contribution >= 4 is 29.1 Å². The molecule has 2 N–H and O–H groups in total. The number of nitrogens with one attached hydrogen (secondary N) is 1. The van der Waals surface area contributed by atoms with E-state index in [9.17, 15) is 9.90 Å². The molecule has 0 saturated carbocycles. The second kappa shape index (κ2) is 8.09. The van der Waals surface area contributed by atoms with Gasteiger partial charge in [-0.15, -0.1) is 0 Å². The summed E-state index contributed by atoms with van der Waals surface area (Å²) in [5.74, 6) is -0.240. The van der Waals surface area contributed by atoms with Crippen LogP contribution < -0.4 is 10.1 Å². The van der Waals surface area contributed by atoms with Crippen molar-refractivity contribution in [2.75, 3.05) is 13.2 Å². The van der Waals surface area contributed by atoms with Gasteiger partial charge in [0.1, 0.15) is 0 Å². The Morgan fingerprint density at radius 3 is 2.57 bits per heavy atom. The summed E-state index contributed by atoms with van der Waals surface area (Å²) in [5.41, 5.74) is 1.42. The Balaban J connectivity index is 1.99. The van der Waals surface area contributed by atoms with E-state index in [2.05, 4.69) is 5.32 Å². The maximum Gasteiger partial charge on any atom is 0.251 e. The van der Waals surface area contributed by atoms with E-state index in [4.69, 9.17) is 27.9 Å². The predicted molar refractivity (Wildman–Crippen MR) is 91.8 cm³/mol. The number of ether oxygens (including phenoxy) is 1. The Bertz CT molecular complexity index is 687. The third-order valence-corrected chi connectivity index (χ3v) is 3.74. The number of rotatable bonds is 6. The highest BCUT2D eigenvalue weighted by Crippen LogP contribution is 2.35. The highest BCUT2D eigenvalue weighted by atomic mass is 35.5. The number of phenols is 1. The van der Waals surface area contributed by atoms with Crippen LogP contribution in [0.2, 0.25) is 10.0 Å². The maximum absolute atomic E-state index is 12.2. The van der Waals surface area contributed by atoms with Crippen LogP contribution in [0.4, 0.5) is 0 Å². The zero-order valence-corrected chi connectivity index (χ0v) is 14.1. The Kier molecular flexibility index (Phi) is 6.13. The van der Waals surface area contributed by atoms with Crippen LogP contribution in [-0.4, -0.2) is 24.2 Å². The van der Waals surface area contributed by atoms with Crippen LogP contribution in [0.15, 0.2) is 36.4 Å². The van der Waals surface area contributed by atoms with Gasteiger partial charge in [-0.25, -0.2) is 0 Å². The van der Waals surface area contributed by atoms with E-state index in [0.29, 0.717) is 30.2 Å². The molecular weight excluding hydrogens is 337 g/mol. The average molecular weight is 354 g/mol. The molecule has 1 amide bonds. The smallest absolute Gasteiger partial charge is 0.251 e. The number of hydrogen-bond acceptors (Lipinski definition) is 3. The molecule has 0 saturated heterocycles. The summed E-state index contributed by atoms with van der Waals surface area (Å²) in [7, 11) is 0. The van der Waals surface area contributed by atoms with Gasteiger partial charge in [-0.05, 0) is 43.2 Å². The first-order valence-corrected chi connectivity index (χ1v) is 7.94. The second-order valence-corrected chi connectivity index (χ2v) is 5.71. The van der Waals surface area contributed by atoms with E-state index in [0.717, 1.165) is 5.56 Å². The average Bonchev–Trinajstić information content (AvgIpc) is 2.53. The first-order chi connectivity index (χ1) is 11.0. The lowest BCUT2D eigenvalue weighted by Gasteiger charge is -2.10. The number of phenolic OH excluding ortho intramolecular Hbond substituents is 1. The van der Waals surface area contributed by atoms with Crippen molar-refractivity contribution in [1.29, 1.82) is 0 Å². The number of carbonyl (C=O) groups excluding carboxylic acids is 1. The molecule has 2 aromatic rings. The molecular formula is C17H17Cl2NO3. The fourth-order valence-corrected chi connectivity index (χ4v) is 2.38.